The molecule has 3 saturated heterocycles. The zero-order chi connectivity index (χ0) is 52.6. The number of H-pyrrole nitrogens is 1. The summed E-state index contributed by atoms with van der Waals surface area (Å²) in [5.41, 5.74) is 7.66. The SMILES string of the molecule is CCc1cc2c(cc1N1CCC(N3CCN(C(=O)CCOCCOCCOCCOCCOCCNc4cccc5c4C(=O)N(C4CCC(=O)NC4=O)C5=O)CC3)CC1)C(C)(C)c1[nH]c3cc(C#N)ccc3c1C2=O. The van der Waals surface area contributed by atoms with Gasteiger partial charge in [-0.3, -0.25) is 43.9 Å². The molecule has 5 aliphatic rings. The number of carbonyl (C=O) groups excluding carboxylic acids is 6. The van der Waals surface area contributed by atoms with Crippen molar-refractivity contribution in [2.75, 3.05) is 122 Å². The molecule has 4 aliphatic heterocycles. The summed E-state index contributed by atoms with van der Waals surface area (Å²) in [5, 5.41) is 15.7. The standard InChI is InChI=1S/C56H68N8O11/c1-4-37-33-41-42(56(2,3)52-50(51(41)67)39-9-8-36(35-57)32-44(39)59-52)34-46(37)62-16-12-38(13-17-62)61-18-20-63(21-19-61)48(66)14-22-71-24-26-73-28-30-75-31-29-74-27-25-72-23-15-58-43-7-5-6-40-49(43)55(70)64(54(40)69)45-10-11-47(65)60-53(45)68/h5-9,32-34,38,45,58-59H,4,10-31H2,1-3H3,(H,60,65,68). The minimum Gasteiger partial charge on any atom is -0.382 e. The molecule has 0 saturated carbocycles. The number of nitrogens with one attached hydrogen (secondary N) is 3. The summed E-state index contributed by atoms with van der Waals surface area (Å²) < 4.78 is 28.1. The van der Waals surface area contributed by atoms with Gasteiger partial charge < -0.3 is 43.8 Å². The molecule has 1 atom stereocenters. The third kappa shape index (κ3) is 11.5. The van der Waals surface area contributed by atoms with Gasteiger partial charge in [0, 0.05) is 97.2 Å². The molecule has 4 aromatic rings. The first-order chi connectivity index (χ1) is 36.4. The first-order valence-electron chi connectivity index (χ1n) is 26.4. The highest BCUT2D eigenvalue weighted by molar-refractivity contribution is 6.25. The van der Waals surface area contributed by atoms with Crippen molar-refractivity contribution in [3.05, 3.63) is 93.2 Å². The number of piperidine rings is 2. The molecule has 3 aromatic carbocycles. The third-order valence-corrected chi connectivity index (χ3v) is 15.3. The number of ether oxygens (including phenoxy) is 5. The molecule has 5 amide bonds. The number of amides is 5. The van der Waals surface area contributed by atoms with Gasteiger partial charge in [0.15, 0.2) is 5.78 Å². The minimum atomic E-state index is -1.02. The van der Waals surface area contributed by atoms with E-state index in [0.29, 0.717) is 115 Å². The van der Waals surface area contributed by atoms with Crippen LogP contribution in [0.3, 0.4) is 0 Å². The number of nitrogens with zero attached hydrogens (tertiary/aromatic N) is 5. The molecule has 3 fully saturated rings. The number of hydrogen-bond acceptors (Lipinski definition) is 15. The minimum absolute atomic E-state index is 0.0394. The van der Waals surface area contributed by atoms with E-state index in [1.54, 1.807) is 24.3 Å². The number of ketones is 1. The van der Waals surface area contributed by atoms with Gasteiger partial charge in [0.1, 0.15) is 6.04 Å². The highest BCUT2D eigenvalue weighted by atomic mass is 16.6. The van der Waals surface area contributed by atoms with E-state index in [9.17, 15) is 34.0 Å². The Bertz CT molecular complexity index is 2840. The van der Waals surface area contributed by atoms with Crippen molar-refractivity contribution >= 4 is 57.6 Å². The predicted octanol–water partition coefficient (Wildman–Crippen LogP) is 4.57. The third-order valence-electron chi connectivity index (χ3n) is 15.3. The van der Waals surface area contributed by atoms with Gasteiger partial charge in [0.05, 0.1) is 101 Å². The Morgan fingerprint density at radius 2 is 1.43 bits per heavy atom. The number of imide groups is 2. The molecule has 3 N–H and O–H groups in total. The van der Waals surface area contributed by atoms with Crippen molar-refractivity contribution in [1.82, 2.24) is 25.0 Å². The number of rotatable bonds is 23. The number of aryl methyl sites for hydroxylation is 1. The lowest BCUT2D eigenvalue weighted by Crippen LogP contribution is -2.54. The molecule has 0 radical (unpaired) electrons. The van der Waals surface area contributed by atoms with Crippen LogP contribution in [0.1, 0.15) is 112 Å². The monoisotopic (exact) mass is 1030 g/mol. The average Bonchev–Trinajstić information content (AvgIpc) is 4.01. The number of nitriles is 1. The second kappa shape index (κ2) is 24.0. The summed E-state index contributed by atoms with van der Waals surface area (Å²) in [6, 6.07) is 16.5. The lowest BCUT2D eigenvalue weighted by Gasteiger charge is -2.44. The fourth-order valence-electron chi connectivity index (χ4n) is 11.2. The number of piperazine rings is 1. The molecule has 0 bridgehead atoms. The van der Waals surface area contributed by atoms with Crippen LogP contribution in [0.25, 0.3) is 10.9 Å². The first kappa shape index (κ1) is 53.3. The largest absolute Gasteiger partial charge is 0.382 e. The van der Waals surface area contributed by atoms with Gasteiger partial charge in [-0.15, -0.1) is 0 Å². The molecule has 19 heteroatoms. The van der Waals surface area contributed by atoms with Crippen LogP contribution in [0.4, 0.5) is 11.4 Å². The Morgan fingerprint density at radius 3 is 2.08 bits per heavy atom. The molecule has 19 nitrogen and oxygen atoms in total. The van der Waals surface area contributed by atoms with Crippen LogP contribution in [-0.2, 0) is 49.9 Å². The Kier molecular flexibility index (Phi) is 17.0. The summed E-state index contributed by atoms with van der Waals surface area (Å²) in [6.45, 7) is 15.7. The van der Waals surface area contributed by atoms with Gasteiger partial charge in [0.25, 0.3) is 11.8 Å². The van der Waals surface area contributed by atoms with Crippen molar-refractivity contribution in [3.8, 4) is 6.07 Å². The number of hydrogen-bond donors (Lipinski definition) is 3. The van der Waals surface area contributed by atoms with Crippen LogP contribution >= 0.6 is 0 Å². The normalized spacial score (nSPS) is 18.8. The van der Waals surface area contributed by atoms with Crippen molar-refractivity contribution in [2.45, 2.75) is 76.8 Å². The predicted molar refractivity (Wildman–Crippen MR) is 278 cm³/mol. The first-order valence-corrected chi connectivity index (χ1v) is 26.4. The molecule has 9 rings (SSSR count). The van der Waals surface area contributed by atoms with Crippen molar-refractivity contribution in [1.29, 1.82) is 5.26 Å². The topological polar surface area (TPSA) is 225 Å². The Morgan fingerprint density at radius 1 is 0.760 bits per heavy atom. The van der Waals surface area contributed by atoms with Crippen molar-refractivity contribution < 1.29 is 52.5 Å². The van der Waals surface area contributed by atoms with Gasteiger partial charge in [0.2, 0.25) is 17.7 Å². The molecule has 5 heterocycles. The number of benzene rings is 3. The Balaban J connectivity index is 0.583. The van der Waals surface area contributed by atoms with Crippen LogP contribution in [0, 0.1) is 11.3 Å². The van der Waals surface area contributed by atoms with Crippen LogP contribution < -0.4 is 15.5 Å². The van der Waals surface area contributed by atoms with Gasteiger partial charge in [-0.1, -0.05) is 32.9 Å². The zero-order valence-electron chi connectivity index (χ0n) is 43.3. The summed E-state index contributed by atoms with van der Waals surface area (Å²) in [7, 11) is 0. The highest BCUT2D eigenvalue weighted by Crippen LogP contribution is 2.46. The fourth-order valence-corrected chi connectivity index (χ4v) is 11.2. The molecule has 1 aliphatic carbocycles. The average molecular weight is 1030 g/mol. The van der Waals surface area contributed by atoms with Crippen molar-refractivity contribution in [2.24, 2.45) is 0 Å². The zero-order valence-corrected chi connectivity index (χ0v) is 43.3. The number of carbonyl (C=O) groups is 6. The lowest BCUT2D eigenvalue weighted by atomic mass is 9.70. The smallest absolute Gasteiger partial charge is 0.264 e. The van der Waals surface area contributed by atoms with Crippen LogP contribution in [0.5, 0.6) is 0 Å². The van der Waals surface area contributed by atoms with E-state index in [4.69, 9.17) is 23.7 Å². The van der Waals surface area contributed by atoms with E-state index in [1.165, 1.54) is 11.3 Å². The molecular weight excluding hydrogens is 961 g/mol. The molecular formula is C56H68N8O11. The maximum Gasteiger partial charge on any atom is 0.264 e. The van der Waals surface area contributed by atoms with Crippen LogP contribution in [0.2, 0.25) is 0 Å². The Hall–Kier alpha value is -6.53. The summed E-state index contributed by atoms with van der Waals surface area (Å²) in [5.74, 6) is -2.04. The summed E-state index contributed by atoms with van der Waals surface area (Å²) in [4.78, 5) is 88.9. The maximum absolute atomic E-state index is 14.1. The number of anilines is 2. The fraction of sp³-hybridized carbons (Fsp3) is 0.518. The van der Waals surface area contributed by atoms with E-state index in [2.05, 4.69) is 64.4 Å². The van der Waals surface area contributed by atoms with Gasteiger partial charge in [-0.25, -0.2) is 0 Å². The lowest BCUT2D eigenvalue weighted by molar-refractivity contribution is -0.136. The number of fused-ring (bicyclic) bond motifs is 5. The number of aromatic nitrogens is 1. The molecule has 1 aromatic heterocycles. The highest BCUT2D eigenvalue weighted by Gasteiger charge is 2.46. The summed E-state index contributed by atoms with van der Waals surface area (Å²) >= 11 is 0. The molecule has 75 heavy (non-hydrogen) atoms. The number of aromatic amines is 1. The van der Waals surface area contributed by atoms with Gasteiger partial charge in [-0.2, -0.15) is 5.26 Å². The van der Waals surface area contributed by atoms with Gasteiger partial charge in [-0.05, 0) is 73.2 Å². The maximum atomic E-state index is 14.1. The summed E-state index contributed by atoms with van der Waals surface area (Å²) in [6.07, 6.45) is 3.39. The second-order valence-electron chi connectivity index (χ2n) is 20.1. The van der Waals surface area contributed by atoms with Crippen LogP contribution in [0.15, 0.2) is 48.5 Å². The molecule has 0 spiro atoms. The van der Waals surface area contributed by atoms with Crippen molar-refractivity contribution in [3.63, 3.8) is 0 Å². The quantitative estimate of drug-likeness (QED) is 0.0684. The van der Waals surface area contributed by atoms with E-state index >= 15 is 0 Å². The Labute approximate surface area is 437 Å². The molecule has 1 unspecified atom stereocenters. The second-order valence-corrected chi connectivity index (χ2v) is 20.1. The van der Waals surface area contributed by atoms with E-state index in [1.807, 2.05) is 17.0 Å². The van der Waals surface area contributed by atoms with Crippen LogP contribution in [-0.4, -0.2) is 179 Å². The van der Waals surface area contributed by atoms with E-state index in [-0.39, 0.29) is 35.7 Å². The van der Waals surface area contributed by atoms with Gasteiger partial charge >= 0.3 is 0 Å². The van der Waals surface area contributed by atoms with E-state index < -0.39 is 35.1 Å². The molecule has 398 valence electrons. The van der Waals surface area contributed by atoms with E-state index in [0.717, 1.165) is 78.1 Å².